The number of nitrogens with zero attached hydrogens (tertiary/aromatic N) is 2. The van der Waals surface area contributed by atoms with Crippen LogP contribution in [0.4, 0.5) is 5.13 Å². The molecule has 0 spiro atoms. The van der Waals surface area contributed by atoms with Gasteiger partial charge in [-0.3, -0.25) is 5.43 Å². The van der Waals surface area contributed by atoms with Crippen molar-refractivity contribution >= 4 is 40.4 Å². The van der Waals surface area contributed by atoms with E-state index in [1.165, 1.54) is 0 Å². The topological polar surface area (TPSA) is 37.3 Å². The van der Waals surface area contributed by atoms with Gasteiger partial charge in [-0.1, -0.05) is 102 Å². The van der Waals surface area contributed by atoms with Crippen LogP contribution in [-0.4, -0.2) is 11.2 Å². The highest BCUT2D eigenvalue weighted by molar-refractivity contribution is 7.19. The molecule has 1 aromatic heterocycles. The van der Waals surface area contributed by atoms with Gasteiger partial charge in [0.15, 0.2) is 0 Å². The van der Waals surface area contributed by atoms with E-state index < -0.39 is 0 Å². The van der Waals surface area contributed by atoms with Crippen LogP contribution < -0.4 is 5.43 Å². The van der Waals surface area contributed by atoms with Crippen LogP contribution in [0.25, 0.3) is 27.8 Å². The van der Waals surface area contributed by atoms with Crippen LogP contribution in [-0.2, 0) is 0 Å². The van der Waals surface area contributed by atoms with Gasteiger partial charge in [0.2, 0.25) is 5.13 Å². The molecule has 0 saturated heterocycles. The minimum absolute atomic E-state index is 0.715. The SMILES string of the molecule is Clc1ccc(-c2sc(N/N=C/C=C/c3ccccc3)nc2-c2ccccc2)cc1. The van der Waals surface area contributed by atoms with E-state index >= 15 is 0 Å². The van der Waals surface area contributed by atoms with Crippen LogP contribution in [0.1, 0.15) is 5.56 Å². The molecule has 0 bridgehead atoms. The minimum atomic E-state index is 0.715. The highest BCUT2D eigenvalue weighted by Gasteiger charge is 2.14. The zero-order valence-corrected chi connectivity index (χ0v) is 17.1. The fourth-order valence-corrected chi connectivity index (χ4v) is 3.88. The van der Waals surface area contributed by atoms with Crippen LogP contribution >= 0.6 is 22.9 Å². The molecule has 29 heavy (non-hydrogen) atoms. The molecule has 0 aliphatic carbocycles. The molecule has 4 rings (SSSR count). The number of benzene rings is 3. The van der Waals surface area contributed by atoms with Crippen molar-refractivity contribution in [3.8, 4) is 21.7 Å². The van der Waals surface area contributed by atoms with E-state index in [4.69, 9.17) is 16.6 Å². The highest BCUT2D eigenvalue weighted by Crippen LogP contribution is 2.39. The molecule has 0 unspecified atom stereocenters. The Balaban J connectivity index is 1.57. The molecule has 0 saturated carbocycles. The normalized spacial score (nSPS) is 11.3. The third kappa shape index (κ3) is 4.99. The summed E-state index contributed by atoms with van der Waals surface area (Å²) >= 11 is 7.62. The lowest BCUT2D eigenvalue weighted by molar-refractivity contribution is 1.29. The Morgan fingerprint density at radius 1 is 0.828 bits per heavy atom. The van der Waals surface area contributed by atoms with Gasteiger partial charge in [0.1, 0.15) is 0 Å². The molecule has 142 valence electrons. The second-order valence-electron chi connectivity index (χ2n) is 6.23. The second-order valence-corrected chi connectivity index (χ2v) is 7.66. The van der Waals surface area contributed by atoms with Crippen molar-refractivity contribution in [2.45, 2.75) is 0 Å². The smallest absolute Gasteiger partial charge is 0.204 e. The molecule has 0 fully saturated rings. The third-order valence-electron chi connectivity index (χ3n) is 4.19. The summed E-state index contributed by atoms with van der Waals surface area (Å²) in [5, 5.41) is 5.73. The van der Waals surface area contributed by atoms with Gasteiger partial charge in [-0.25, -0.2) is 4.98 Å². The standard InChI is InChI=1S/C24H18ClN3S/c25-21-15-13-20(14-16-21)23-22(19-11-5-2-6-12-19)27-24(29-23)28-26-17-7-10-18-8-3-1-4-9-18/h1-17H,(H,27,28)/b10-7+,26-17+. The van der Waals surface area contributed by atoms with Crippen molar-refractivity contribution < 1.29 is 0 Å². The maximum atomic E-state index is 6.05. The Morgan fingerprint density at radius 3 is 2.24 bits per heavy atom. The van der Waals surface area contributed by atoms with Crippen LogP contribution in [0.3, 0.4) is 0 Å². The first-order valence-corrected chi connectivity index (χ1v) is 10.3. The van der Waals surface area contributed by atoms with E-state index in [9.17, 15) is 0 Å². The summed E-state index contributed by atoms with van der Waals surface area (Å²) in [5.41, 5.74) is 7.24. The Hall–Kier alpha value is -3.21. The number of nitrogens with one attached hydrogen (secondary N) is 1. The largest absolute Gasteiger partial charge is 0.253 e. The van der Waals surface area contributed by atoms with Crippen molar-refractivity contribution in [1.29, 1.82) is 0 Å². The number of hydrogen-bond donors (Lipinski definition) is 1. The molecule has 0 amide bonds. The number of allylic oxidation sites excluding steroid dienone is 1. The zero-order valence-electron chi connectivity index (χ0n) is 15.5. The van der Waals surface area contributed by atoms with Gasteiger partial charge in [0.05, 0.1) is 10.6 Å². The lowest BCUT2D eigenvalue weighted by Crippen LogP contribution is -1.87. The van der Waals surface area contributed by atoms with E-state index in [0.29, 0.717) is 5.02 Å². The molecule has 0 radical (unpaired) electrons. The fraction of sp³-hybridized carbons (Fsp3) is 0. The first-order valence-electron chi connectivity index (χ1n) is 9.12. The second kappa shape index (κ2) is 9.32. The first kappa shape index (κ1) is 19.1. The Bertz CT molecular complexity index is 1120. The molecule has 5 heteroatoms. The van der Waals surface area contributed by atoms with Gasteiger partial charge in [-0.2, -0.15) is 5.10 Å². The summed E-state index contributed by atoms with van der Waals surface area (Å²) in [7, 11) is 0. The van der Waals surface area contributed by atoms with E-state index in [-0.39, 0.29) is 0 Å². The zero-order chi connectivity index (χ0) is 19.9. The molecule has 0 aliphatic heterocycles. The number of thiazole rings is 1. The summed E-state index contributed by atoms with van der Waals surface area (Å²) in [5.74, 6) is 0. The molecule has 3 aromatic carbocycles. The fourth-order valence-electron chi connectivity index (χ4n) is 2.81. The van der Waals surface area contributed by atoms with Gasteiger partial charge in [-0.05, 0) is 29.3 Å². The molecular formula is C24H18ClN3S. The molecule has 1 heterocycles. The van der Waals surface area contributed by atoms with Crippen molar-refractivity contribution in [3.63, 3.8) is 0 Å². The maximum Gasteiger partial charge on any atom is 0.204 e. The van der Waals surface area contributed by atoms with Crippen molar-refractivity contribution in [3.05, 3.63) is 102 Å². The van der Waals surface area contributed by atoms with Gasteiger partial charge in [0.25, 0.3) is 0 Å². The monoisotopic (exact) mass is 415 g/mol. The van der Waals surface area contributed by atoms with E-state index in [0.717, 1.165) is 32.4 Å². The number of hydrazone groups is 1. The number of anilines is 1. The molecule has 1 N–H and O–H groups in total. The van der Waals surface area contributed by atoms with Gasteiger partial charge in [0, 0.05) is 16.8 Å². The number of rotatable bonds is 6. The minimum Gasteiger partial charge on any atom is -0.253 e. The van der Waals surface area contributed by atoms with Crippen LogP contribution in [0.5, 0.6) is 0 Å². The molecular weight excluding hydrogens is 398 g/mol. The van der Waals surface area contributed by atoms with Gasteiger partial charge >= 0.3 is 0 Å². The summed E-state index contributed by atoms with van der Waals surface area (Å²) < 4.78 is 0. The van der Waals surface area contributed by atoms with E-state index in [1.807, 2.05) is 84.9 Å². The van der Waals surface area contributed by atoms with Gasteiger partial charge < -0.3 is 0 Å². The summed E-state index contributed by atoms with van der Waals surface area (Å²) in [6.45, 7) is 0. The first-order chi connectivity index (χ1) is 14.3. The molecule has 3 nitrogen and oxygen atoms in total. The summed E-state index contributed by atoms with van der Waals surface area (Å²) in [4.78, 5) is 5.85. The molecule has 0 aliphatic rings. The van der Waals surface area contributed by atoms with Crippen LogP contribution in [0.15, 0.2) is 96.1 Å². The average Bonchev–Trinajstić information content (AvgIpc) is 3.20. The molecule has 4 aromatic rings. The highest BCUT2D eigenvalue weighted by atomic mass is 35.5. The lowest BCUT2D eigenvalue weighted by Gasteiger charge is -2.02. The van der Waals surface area contributed by atoms with Crippen molar-refractivity contribution in [2.75, 3.05) is 5.43 Å². The predicted molar refractivity (Wildman–Crippen MR) is 126 cm³/mol. The van der Waals surface area contributed by atoms with Crippen LogP contribution in [0.2, 0.25) is 5.02 Å². The number of aromatic nitrogens is 1. The molecule has 0 atom stereocenters. The van der Waals surface area contributed by atoms with E-state index in [1.54, 1.807) is 17.6 Å². The Labute approximate surface area is 179 Å². The quantitative estimate of drug-likeness (QED) is 0.266. The number of hydrogen-bond acceptors (Lipinski definition) is 4. The van der Waals surface area contributed by atoms with Gasteiger partial charge in [-0.15, -0.1) is 0 Å². The maximum absolute atomic E-state index is 6.05. The summed E-state index contributed by atoms with van der Waals surface area (Å²) in [6.07, 6.45) is 5.62. The predicted octanol–water partition coefficient (Wildman–Crippen LogP) is 7.24. The lowest BCUT2D eigenvalue weighted by atomic mass is 10.1. The van der Waals surface area contributed by atoms with E-state index in [2.05, 4.69) is 22.7 Å². The third-order valence-corrected chi connectivity index (χ3v) is 5.45. The Kier molecular flexibility index (Phi) is 6.15. The number of halogens is 1. The van der Waals surface area contributed by atoms with Crippen molar-refractivity contribution in [2.24, 2.45) is 5.10 Å². The van der Waals surface area contributed by atoms with Crippen molar-refractivity contribution in [1.82, 2.24) is 4.98 Å². The Morgan fingerprint density at radius 2 is 1.52 bits per heavy atom. The van der Waals surface area contributed by atoms with Crippen LogP contribution in [0, 0.1) is 0 Å². The average molecular weight is 416 g/mol. The summed E-state index contributed by atoms with van der Waals surface area (Å²) in [6, 6.07) is 28.1.